The van der Waals surface area contributed by atoms with Crippen molar-refractivity contribution in [1.29, 1.82) is 0 Å². The zero-order valence-corrected chi connectivity index (χ0v) is 14.3. The van der Waals surface area contributed by atoms with Gasteiger partial charge in [0.2, 0.25) is 0 Å². The second-order valence-corrected chi connectivity index (χ2v) is 6.36. The number of morpholine rings is 1. The van der Waals surface area contributed by atoms with Gasteiger partial charge in [0.25, 0.3) is 5.91 Å². The average Bonchev–Trinajstić information content (AvgIpc) is 2.60. The summed E-state index contributed by atoms with van der Waals surface area (Å²) in [7, 11) is 0. The molecule has 25 heavy (non-hydrogen) atoms. The van der Waals surface area contributed by atoms with Gasteiger partial charge in [0.15, 0.2) is 0 Å². The molecule has 2 aromatic carbocycles. The van der Waals surface area contributed by atoms with Crippen LogP contribution in [-0.2, 0) is 4.74 Å². The van der Waals surface area contributed by atoms with Crippen LogP contribution in [0.25, 0.3) is 11.1 Å². The molecule has 2 atom stereocenters. The predicted molar refractivity (Wildman–Crippen MR) is 94.7 cm³/mol. The minimum Gasteiger partial charge on any atom is -0.478 e. The number of rotatable bonds is 3. The van der Waals surface area contributed by atoms with Gasteiger partial charge in [0.1, 0.15) is 0 Å². The molecule has 0 aromatic heterocycles. The van der Waals surface area contributed by atoms with Gasteiger partial charge in [-0.2, -0.15) is 0 Å². The molecule has 0 radical (unpaired) electrons. The van der Waals surface area contributed by atoms with Crippen molar-refractivity contribution < 1.29 is 19.4 Å². The van der Waals surface area contributed by atoms with E-state index in [0.29, 0.717) is 29.8 Å². The van der Waals surface area contributed by atoms with E-state index in [2.05, 4.69) is 0 Å². The first-order valence-electron chi connectivity index (χ1n) is 8.34. The molecular weight excluding hydrogens is 318 g/mol. The third-order valence-corrected chi connectivity index (χ3v) is 4.31. The van der Waals surface area contributed by atoms with Gasteiger partial charge in [0.05, 0.1) is 17.8 Å². The fraction of sp³-hybridized carbons (Fsp3) is 0.300. The van der Waals surface area contributed by atoms with Crippen LogP contribution in [0.3, 0.4) is 0 Å². The third kappa shape index (κ3) is 3.56. The fourth-order valence-electron chi connectivity index (χ4n) is 3.32. The number of amides is 1. The van der Waals surface area contributed by atoms with E-state index in [9.17, 15) is 14.7 Å². The zero-order chi connectivity index (χ0) is 18.0. The van der Waals surface area contributed by atoms with Crippen LogP contribution in [0.1, 0.15) is 34.6 Å². The Morgan fingerprint density at radius 1 is 0.920 bits per heavy atom. The molecule has 0 spiro atoms. The van der Waals surface area contributed by atoms with Gasteiger partial charge >= 0.3 is 5.97 Å². The predicted octanol–water partition coefficient (Wildman–Crippen LogP) is 3.30. The van der Waals surface area contributed by atoms with E-state index in [1.807, 2.05) is 19.9 Å². The SMILES string of the molecule is C[C@@H]1CN(C(=O)c2ccccc2-c2ccccc2C(=O)O)C[C@H](C)O1. The first-order chi connectivity index (χ1) is 12.0. The largest absolute Gasteiger partial charge is 0.478 e. The highest BCUT2D eigenvalue weighted by atomic mass is 16.5. The molecule has 1 N–H and O–H groups in total. The number of carbonyl (C=O) groups excluding carboxylic acids is 1. The highest BCUT2D eigenvalue weighted by molar-refractivity contribution is 6.04. The van der Waals surface area contributed by atoms with Crippen LogP contribution >= 0.6 is 0 Å². The molecule has 1 heterocycles. The monoisotopic (exact) mass is 339 g/mol. The van der Waals surface area contributed by atoms with Gasteiger partial charge in [-0.05, 0) is 37.1 Å². The van der Waals surface area contributed by atoms with E-state index in [1.165, 1.54) is 0 Å². The second-order valence-electron chi connectivity index (χ2n) is 6.36. The second kappa shape index (κ2) is 7.07. The maximum absolute atomic E-state index is 13.1. The lowest BCUT2D eigenvalue weighted by Gasteiger charge is -2.35. The fourth-order valence-corrected chi connectivity index (χ4v) is 3.32. The van der Waals surface area contributed by atoms with Crippen molar-refractivity contribution in [2.45, 2.75) is 26.1 Å². The molecule has 1 aliphatic heterocycles. The number of nitrogens with zero attached hydrogens (tertiary/aromatic N) is 1. The summed E-state index contributed by atoms with van der Waals surface area (Å²) in [6.07, 6.45) is -0.0441. The normalized spacial score (nSPS) is 20.3. The standard InChI is InChI=1S/C20H21NO4/c1-13-11-21(12-14(2)25-13)19(22)17-9-5-3-7-15(17)16-8-4-6-10-18(16)20(23)24/h3-10,13-14H,11-12H2,1-2H3,(H,23,24)/t13-,14+. The van der Waals surface area contributed by atoms with Crippen LogP contribution < -0.4 is 0 Å². The van der Waals surface area contributed by atoms with Crippen LogP contribution in [0.15, 0.2) is 48.5 Å². The van der Waals surface area contributed by atoms with E-state index >= 15 is 0 Å². The molecule has 2 aromatic rings. The highest BCUT2D eigenvalue weighted by Crippen LogP contribution is 2.29. The van der Waals surface area contributed by atoms with Crippen molar-refractivity contribution in [3.8, 4) is 11.1 Å². The van der Waals surface area contributed by atoms with Crippen LogP contribution in [0.2, 0.25) is 0 Å². The Hall–Kier alpha value is -2.66. The lowest BCUT2D eigenvalue weighted by molar-refractivity contribution is -0.0586. The summed E-state index contributed by atoms with van der Waals surface area (Å²) in [4.78, 5) is 26.4. The molecule has 5 nitrogen and oxygen atoms in total. The Labute approximate surface area is 146 Å². The highest BCUT2D eigenvalue weighted by Gasteiger charge is 2.28. The van der Waals surface area contributed by atoms with Crippen molar-refractivity contribution in [3.05, 3.63) is 59.7 Å². The maximum atomic E-state index is 13.1. The minimum absolute atomic E-state index is 0.0221. The number of hydrogen-bond donors (Lipinski definition) is 1. The summed E-state index contributed by atoms with van der Waals surface area (Å²) in [5.74, 6) is -1.11. The Morgan fingerprint density at radius 2 is 1.40 bits per heavy atom. The molecule has 1 fully saturated rings. The number of carbonyl (C=O) groups is 2. The zero-order valence-electron chi connectivity index (χ0n) is 14.3. The van der Waals surface area contributed by atoms with Gasteiger partial charge in [-0.3, -0.25) is 4.79 Å². The molecule has 0 unspecified atom stereocenters. The molecule has 130 valence electrons. The molecule has 5 heteroatoms. The Balaban J connectivity index is 2.02. The van der Waals surface area contributed by atoms with Gasteiger partial charge < -0.3 is 14.7 Å². The van der Waals surface area contributed by atoms with Crippen molar-refractivity contribution in [2.75, 3.05) is 13.1 Å². The van der Waals surface area contributed by atoms with E-state index in [-0.39, 0.29) is 23.7 Å². The topological polar surface area (TPSA) is 66.8 Å². The van der Waals surface area contributed by atoms with Gasteiger partial charge in [-0.25, -0.2) is 4.79 Å². The molecule has 3 rings (SSSR count). The Kier molecular flexibility index (Phi) is 4.86. The van der Waals surface area contributed by atoms with Crippen LogP contribution in [0.4, 0.5) is 0 Å². The van der Waals surface area contributed by atoms with Gasteiger partial charge in [-0.1, -0.05) is 36.4 Å². The molecule has 1 amide bonds. The summed E-state index contributed by atoms with van der Waals surface area (Å²) in [6, 6.07) is 13.9. The van der Waals surface area contributed by atoms with Crippen molar-refractivity contribution >= 4 is 11.9 Å². The maximum Gasteiger partial charge on any atom is 0.336 e. The quantitative estimate of drug-likeness (QED) is 0.932. The molecule has 0 bridgehead atoms. The van der Waals surface area contributed by atoms with Gasteiger partial charge in [0, 0.05) is 18.7 Å². The first kappa shape index (κ1) is 17.2. The van der Waals surface area contributed by atoms with E-state index < -0.39 is 5.97 Å². The smallest absolute Gasteiger partial charge is 0.336 e. The summed E-state index contributed by atoms with van der Waals surface area (Å²) < 4.78 is 5.70. The summed E-state index contributed by atoms with van der Waals surface area (Å²) in [5, 5.41) is 9.46. The summed E-state index contributed by atoms with van der Waals surface area (Å²) >= 11 is 0. The van der Waals surface area contributed by atoms with Crippen LogP contribution in [0.5, 0.6) is 0 Å². The molecule has 0 aliphatic carbocycles. The number of aromatic carboxylic acids is 1. The number of carboxylic acid groups (broad SMARTS) is 1. The average molecular weight is 339 g/mol. The lowest BCUT2D eigenvalue weighted by atomic mass is 9.94. The van der Waals surface area contributed by atoms with Crippen molar-refractivity contribution in [1.82, 2.24) is 4.90 Å². The minimum atomic E-state index is -1.01. The third-order valence-electron chi connectivity index (χ3n) is 4.31. The van der Waals surface area contributed by atoms with E-state index in [4.69, 9.17) is 4.74 Å². The summed E-state index contributed by atoms with van der Waals surface area (Å²) in [6.45, 7) is 4.94. The number of ether oxygens (including phenoxy) is 1. The summed E-state index contributed by atoms with van der Waals surface area (Å²) in [5.41, 5.74) is 1.88. The lowest BCUT2D eigenvalue weighted by Crippen LogP contribution is -2.48. The Morgan fingerprint density at radius 3 is 1.96 bits per heavy atom. The molecule has 1 aliphatic rings. The van der Waals surface area contributed by atoms with E-state index in [0.717, 1.165) is 0 Å². The molecule has 0 saturated carbocycles. The van der Waals surface area contributed by atoms with Crippen molar-refractivity contribution in [2.24, 2.45) is 0 Å². The Bertz CT molecular complexity index is 792. The molecule has 1 saturated heterocycles. The number of benzene rings is 2. The van der Waals surface area contributed by atoms with E-state index in [1.54, 1.807) is 47.4 Å². The van der Waals surface area contributed by atoms with Crippen LogP contribution in [0, 0.1) is 0 Å². The number of carboxylic acids is 1. The first-order valence-corrected chi connectivity index (χ1v) is 8.34. The van der Waals surface area contributed by atoms with Crippen molar-refractivity contribution in [3.63, 3.8) is 0 Å². The number of hydrogen-bond acceptors (Lipinski definition) is 3. The van der Waals surface area contributed by atoms with Gasteiger partial charge in [-0.15, -0.1) is 0 Å². The molecular formula is C20H21NO4. The van der Waals surface area contributed by atoms with Crippen LogP contribution in [-0.4, -0.2) is 47.2 Å².